The Balaban J connectivity index is 1.91. The van der Waals surface area contributed by atoms with E-state index >= 15 is 0 Å². The molecule has 1 aliphatic rings. The van der Waals surface area contributed by atoms with Gasteiger partial charge in [0.1, 0.15) is 23.2 Å². The molecule has 10 heteroatoms. The van der Waals surface area contributed by atoms with Crippen LogP contribution in [0.3, 0.4) is 0 Å². The minimum Gasteiger partial charge on any atom is -0.460 e. The van der Waals surface area contributed by atoms with Crippen molar-refractivity contribution in [1.82, 2.24) is 9.97 Å². The van der Waals surface area contributed by atoms with E-state index in [9.17, 15) is 14.9 Å². The number of aromatic nitrogens is 2. The van der Waals surface area contributed by atoms with Gasteiger partial charge >= 0.3 is 5.69 Å². The van der Waals surface area contributed by atoms with Gasteiger partial charge in [0.25, 0.3) is 5.56 Å². The summed E-state index contributed by atoms with van der Waals surface area (Å²) in [5, 5.41) is 10.4. The number of hydrogen-bond donors (Lipinski definition) is 3. The fraction of sp³-hybridized carbons (Fsp3) is 0.0556. The lowest BCUT2D eigenvalue weighted by Crippen LogP contribution is -2.33. The maximum Gasteiger partial charge on any atom is 0.328 e. The van der Waals surface area contributed by atoms with Gasteiger partial charge in [-0.05, 0) is 30.3 Å². The Hall–Kier alpha value is -3.41. The van der Waals surface area contributed by atoms with E-state index in [1.165, 1.54) is 0 Å². The van der Waals surface area contributed by atoms with Crippen molar-refractivity contribution in [2.45, 2.75) is 5.92 Å². The van der Waals surface area contributed by atoms with Crippen molar-refractivity contribution in [2.75, 3.05) is 0 Å². The molecule has 4 rings (SSSR count). The van der Waals surface area contributed by atoms with E-state index in [4.69, 9.17) is 38.1 Å². The number of nitriles is 1. The number of H-pyrrole nitrogens is 2. The molecular formula is C18H10Cl2N4O4. The van der Waals surface area contributed by atoms with Crippen LogP contribution >= 0.6 is 23.2 Å². The number of benzene rings is 1. The van der Waals surface area contributed by atoms with E-state index in [-0.39, 0.29) is 28.7 Å². The third-order valence-corrected chi connectivity index (χ3v) is 4.79. The molecule has 4 N–H and O–H groups in total. The van der Waals surface area contributed by atoms with E-state index in [1.54, 1.807) is 30.3 Å². The summed E-state index contributed by atoms with van der Waals surface area (Å²) in [6, 6.07) is 10.0. The first-order valence-corrected chi connectivity index (χ1v) is 8.64. The highest BCUT2D eigenvalue weighted by atomic mass is 35.5. The van der Waals surface area contributed by atoms with Gasteiger partial charge in [0.15, 0.2) is 0 Å². The molecule has 0 saturated heterocycles. The van der Waals surface area contributed by atoms with Gasteiger partial charge in [-0.1, -0.05) is 23.2 Å². The summed E-state index contributed by atoms with van der Waals surface area (Å²) in [5.41, 5.74) is 4.85. The van der Waals surface area contributed by atoms with Crippen molar-refractivity contribution >= 4 is 23.2 Å². The average molecular weight is 417 g/mol. The standard InChI is InChI=1S/C18H10Cl2N4O4/c19-7-1-2-10(20)8(5-7)11-3-4-12(27-11)13-9(6-21)15(22)28-17-14(13)16(25)23-18(26)24-17/h1-5,13H,22H2,(H2,23,24,25,26). The zero-order valence-electron chi connectivity index (χ0n) is 13.9. The number of allylic oxidation sites excluding steroid dienone is 1. The molecule has 0 spiro atoms. The van der Waals surface area contributed by atoms with E-state index in [1.807, 2.05) is 6.07 Å². The minimum atomic E-state index is -0.971. The number of nitrogens with two attached hydrogens (primary N) is 1. The Kier molecular flexibility index (Phi) is 4.26. The Morgan fingerprint density at radius 1 is 1.14 bits per heavy atom. The van der Waals surface area contributed by atoms with Crippen LogP contribution in [0.1, 0.15) is 17.2 Å². The van der Waals surface area contributed by atoms with Gasteiger partial charge in [0.2, 0.25) is 11.8 Å². The van der Waals surface area contributed by atoms with Crippen molar-refractivity contribution in [1.29, 1.82) is 5.26 Å². The van der Waals surface area contributed by atoms with E-state index in [0.29, 0.717) is 21.4 Å². The number of nitrogens with zero attached hydrogens (tertiary/aromatic N) is 1. The topological polar surface area (TPSA) is 138 Å². The molecular weight excluding hydrogens is 407 g/mol. The van der Waals surface area contributed by atoms with Crippen LogP contribution in [-0.4, -0.2) is 9.97 Å². The van der Waals surface area contributed by atoms with Gasteiger partial charge in [0, 0.05) is 10.6 Å². The molecule has 1 aliphatic heterocycles. The van der Waals surface area contributed by atoms with E-state index in [0.717, 1.165) is 0 Å². The van der Waals surface area contributed by atoms with Gasteiger partial charge in [-0.25, -0.2) is 4.79 Å². The second-order valence-electron chi connectivity index (χ2n) is 5.90. The molecule has 0 fully saturated rings. The van der Waals surface area contributed by atoms with Crippen molar-refractivity contribution in [3.63, 3.8) is 0 Å². The number of rotatable bonds is 2. The highest BCUT2D eigenvalue weighted by molar-refractivity contribution is 6.35. The number of nitrogens with one attached hydrogen (secondary N) is 2. The highest BCUT2D eigenvalue weighted by Crippen LogP contribution is 2.41. The largest absolute Gasteiger partial charge is 0.460 e. The van der Waals surface area contributed by atoms with Gasteiger partial charge in [0.05, 0.1) is 16.5 Å². The SMILES string of the molecule is N#CC1=C(N)Oc2[nH]c(=O)[nH]c(=O)c2C1c1ccc(-c2cc(Cl)ccc2Cl)o1. The Labute approximate surface area is 166 Å². The third kappa shape index (κ3) is 2.87. The predicted molar refractivity (Wildman–Crippen MR) is 101 cm³/mol. The van der Waals surface area contributed by atoms with Crippen molar-refractivity contribution < 1.29 is 9.15 Å². The molecule has 0 amide bonds. The molecule has 8 nitrogen and oxygen atoms in total. The molecule has 0 bridgehead atoms. The fourth-order valence-electron chi connectivity index (χ4n) is 3.01. The maximum atomic E-state index is 12.4. The van der Waals surface area contributed by atoms with Gasteiger partial charge in [-0.15, -0.1) is 0 Å². The van der Waals surface area contributed by atoms with Crippen LogP contribution in [-0.2, 0) is 0 Å². The zero-order chi connectivity index (χ0) is 20.0. The number of fused-ring (bicyclic) bond motifs is 1. The molecule has 28 heavy (non-hydrogen) atoms. The van der Waals surface area contributed by atoms with Gasteiger partial charge in [-0.3, -0.25) is 14.8 Å². The third-order valence-electron chi connectivity index (χ3n) is 4.22. The summed E-state index contributed by atoms with van der Waals surface area (Å²) in [6.07, 6.45) is 0. The first-order valence-electron chi connectivity index (χ1n) is 7.88. The summed E-state index contributed by atoms with van der Waals surface area (Å²) in [6.45, 7) is 0. The first kappa shape index (κ1) is 18.0. The fourth-order valence-corrected chi connectivity index (χ4v) is 3.40. The zero-order valence-corrected chi connectivity index (χ0v) is 15.4. The number of halogens is 2. The Morgan fingerprint density at radius 3 is 2.68 bits per heavy atom. The van der Waals surface area contributed by atoms with Crippen LogP contribution in [0.4, 0.5) is 0 Å². The summed E-state index contributed by atoms with van der Waals surface area (Å²) in [7, 11) is 0. The lowest BCUT2D eigenvalue weighted by molar-refractivity contribution is 0.365. The monoisotopic (exact) mass is 416 g/mol. The molecule has 2 aromatic heterocycles. The van der Waals surface area contributed by atoms with Gasteiger partial charge < -0.3 is 14.9 Å². The summed E-state index contributed by atoms with van der Waals surface area (Å²) >= 11 is 12.2. The minimum absolute atomic E-state index is 0.00319. The summed E-state index contributed by atoms with van der Waals surface area (Å²) < 4.78 is 11.1. The Bertz CT molecular complexity index is 1300. The highest BCUT2D eigenvalue weighted by Gasteiger charge is 2.36. The predicted octanol–water partition coefficient (Wildman–Crippen LogP) is 2.85. The number of aromatic amines is 2. The quantitative estimate of drug-likeness (QED) is 0.586. The van der Waals surface area contributed by atoms with Crippen molar-refractivity contribution in [2.24, 2.45) is 5.73 Å². The second-order valence-corrected chi connectivity index (χ2v) is 6.75. The lowest BCUT2D eigenvalue weighted by atomic mass is 9.89. The molecule has 3 heterocycles. The van der Waals surface area contributed by atoms with E-state index < -0.39 is 17.2 Å². The van der Waals surface area contributed by atoms with Crippen molar-refractivity contribution in [3.8, 4) is 23.3 Å². The van der Waals surface area contributed by atoms with Crippen LogP contribution in [0.5, 0.6) is 5.88 Å². The van der Waals surface area contributed by atoms with Crippen LogP contribution in [0.15, 0.2) is 55.8 Å². The van der Waals surface area contributed by atoms with Crippen LogP contribution in [0.2, 0.25) is 10.0 Å². The number of furan rings is 1. The van der Waals surface area contributed by atoms with Gasteiger partial charge in [-0.2, -0.15) is 5.26 Å². The smallest absolute Gasteiger partial charge is 0.328 e. The number of hydrogen-bond acceptors (Lipinski definition) is 6. The number of ether oxygens (including phenoxy) is 1. The second kappa shape index (κ2) is 6.64. The molecule has 140 valence electrons. The molecule has 3 aromatic rings. The van der Waals surface area contributed by atoms with Crippen LogP contribution in [0.25, 0.3) is 11.3 Å². The molecule has 0 aliphatic carbocycles. The van der Waals surface area contributed by atoms with Crippen molar-refractivity contribution in [3.05, 3.63) is 84.0 Å². The summed E-state index contributed by atoms with van der Waals surface area (Å²) in [5.74, 6) is -0.727. The molecule has 0 radical (unpaired) electrons. The maximum absolute atomic E-state index is 12.4. The Morgan fingerprint density at radius 2 is 1.93 bits per heavy atom. The molecule has 1 aromatic carbocycles. The molecule has 1 unspecified atom stereocenters. The lowest BCUT2D eigenvalue weighted by Gasteiger charge is -2.22. The normalized spacial score (nSPS) is 15.7. The van der Waals surface area contributed by atoms with Crippen LogP contribution in [0, 0.1) is 11.3 Å². The molecule has 1 atom stereocenters. The van der Waals surface area contributed by atoms with E-state index in [2.05, 4.69) is 9.97 Å². The molecule has 0 saturated carbocycles. The average Bonchev–Trinajstić information content (AvgIpc) is 3.11. The first-order chi connectivity index (χ1) is 13.4. The summed E-state index contributed by atoms with van der Waals surface area (Å²) in [4.78, 5) is 28.4. The van der Waals surface area contributed by atoms with Crippen LogP contribution < -0.4 is 21.7 Å².